The van der Waals surface area contributed by atoms with E-state index in [-0.39, 0.29) is 0 Å². The highest BCUT2D eigenvalue weighted by atomic mass is 35.5. The number of alkyl halides is 4. The molecule has 0 saturated heterocycles. The summed E-state index contributed by atoms with van der Waals surface area (Å²) in [5, 5.41) is 3.08. The average molecular weight is 300 g/mol. The molecular formula is C15H13ClF3N. The van der Waals surface area contributed by atoms with Crippen LogP contribution in [0.5, 0.6) is 0 Å². The Morgan fingerprint density at radius 2 is 1.65 bits per heavy atom. The van der Waals surface area contributed by atoms with Crippen LogP contribution in [0.15, 0.2) is 48.5 Å². The van der Waals surface area contributed by atoms with Crippen molar-refractivity contribution in [2.24, 2.45) is 0 Å². The topological polar surface area (TPSA) is 12.0 Å². The van der Waals surface area contributed by atoms with Gasteiger partial charge in [0.2, 0.25) is 0 Å². The highest BCUT2D eigenvalue weighted by Crippen LogP contribution is 2.29. The molecule has 1 nitrogen and oxygen atoms in total. The van der Waals surface area contributed by atoms with Gasteiger partial charge in [0.25, 0.3) is 0 Å². The minimum atomic E-state index is -4.31. The molecule has 0 radical (unpaired) electrons. The zero-order valence-electron chi connectivity index (χ0n) is 10.5. The zero-order valence-corrected chi connectivity index (χ0v) is 11.3. The Balaban J connectivity index is 2.03. The molecule has 5 heteroatoms. The zero-order chi connectivity index (χ0) is 14.6. The highest BCUT2D eigenvalue weighted by molar-refractivity contribution is 6.17. The van der Waals surface area contributed by atoms with Gasteiger partial charge in [-0.1, -0.05) is 24.3 Å². The lowest BCUT2D eigenvalue weighted by atomic mass is 10.1. The van der Waals surface area contributed by atoms with Gasteiger partial charge in [-0.25, -0.2) is 0 Å². The number of nitrogens with one attached hydrogen (secondary N) is 1. The Hall–Kier alpha value is -1.68. The lowest BCUT2D eigenvalue weighted by Crippen LogP contribution is -2.06. The standard InChI is InChI=1S/C15H13ClF3N/c16-9-11-4-6-14(7-5-11)20-10-12-2-1-3-13(8-12)15(17,18)19/h1-8,20H,9-10H2. The van der Waals surface area contributed by atoms with Crippen LogP contribution in [0.1, 0.15) is 16.7 Å². The predicted octanol–water partition coefficient (Wildman–Crippen LogP) is 5.06. The van der Waals surface area contributed by atoms with Crippen molar-refractivity contribution >= 4 is 17.3 Å². The number of hydrogen-bond donors (Lipinski definition) is 1. The van der Waals surface area contributed by atoms with Crippen LogP contribution in [0.2, 0.25) is 0 Å². The van der Waals surface area contributed by atoms with Gasteiger partial charge in [-0.2, -0.15) is 13.2 Å². The van der Waals surface area contributed by atoms with E-state index < -0.39 is 11.7 Å². The average Bonchev–Trinajstić information content (AvgIpc) is 2.45. The number of anilines is 1. The summed E-state index contributed by atoms with van der Waals surface area (Å²) in [6, 6.07) is 12.8. The van der Waals surface area contributed by atoms with Gasteiger partial charge in [0, 0.05) is 18.1 Å². The quantitative estimate of drug-likeness (QED) is 0.778. The van der Waals surface area contributed by atoms with Crippen molar-refractivity contribution in [2.45, 2.75) is 18.6 Å². The molecule has 2 aromatic rings. The summed E-state index contributed by atoms with van der Waals surface area (Å²) in [4.78, 5) is 0. The van der Waals surface area contributed by atoms with Crippen molar-refractivity contribution < 1.29 is 13.2 Å². The van der Waals surface area contributed by atoms with Gasteiger partial charge in [0.15, 0.2) is 0 Å². The Bertz CT molecular complexity index is 564. The number of hydrogen-bond acceptors (Lipinski definition) is 1. The molecule has 0 spiro atoms. The molecule has 0 aliphatic rings. The Kier molecular flexibility index (Phi) is 4.55. The van der Waals surface area contributed by atoms with Crippen LogP contribution in [0, 0.1) is 0 Å². The van der Waals surface area contributed by atoms with E-state index in [1.165, 1.54) is 6.07 Å². The second-order valence-electron chi connectivity index (χ2n) is 4.38. The molecule has 0 aliphatic heterocycles. The largest absolute Gasteiger partial charge is 0.416 e. The molecule has 0 amide bonds. The van der Waals surface area contributed by atoms with Crippen LogP contribution in [0.4, 0.5) is 18.9 Å². The van der Waals surface area contributed by atoms with E-state index in [4.69, 9.17) is 11.6 Å². The van der Waals surface area contributed by atoms with Crippen molar-refractivity contribution in [3.63, 3.8) is 0 Å². The predicted molar refractivity (Wildman–Crippen MR) is 74.8 cm³/mol. The van der Waals surface area contributed by atoms with Crippen molar-refractivity contribution in [3.05, 3.63) is 65.2 Å². The first kappa shape index (κ1) is 14.7. The van der Waals surface area contributed by atoms with Crippen LogP contribution in [-0.2, 0) is 18.6 Å². The van der Waals surface area contributed by atoms with Gasteiger partial charge in [0.1, 0.15) is 0 Å². The highest BCUT2D eigenvalue weighted by Gasteiger charge is 2.30. The van der Waals surface area contributed by atoms with Gasteiger partial charge in [-0.15, -0.1) is 11.6 Å². The van der Waals surface area contributed by atoms with Crippen LogP contribution in [0.3, 0.4) is 0 Å². The van der Waals surface area contributed by atoms with Gasteiger partial charge in [0.05, 0.1) is 5.56 Å². The minimum Gasteiger partial charge on any atom is -0.381 e. The van der Waals surface area contributed by atoms with Crippen LogP contribution < -0.4 is 5.32 Å². The summed E-state index contributed by atoms with van der Waals surface area (Å²) < 4.78 is 37.7. The fourth-order valence-electron chi connectivity index (χ4n) is 1.77. The molecule has 1 N–H and O–H groups in total. The summed E-state index contributed by atoms with van der Waals surface area (Å²) in [6.07, 6.45) is -4.31. The van der Waals surface area contributed by atoms with Gasteiger partial charge in [-0.05, 0) is 35.4 Å². The molecule has 106 valence electrons. The molecular weight excluding hydrogens is 287 g/mol. The van der Waals surface area contributed by atoms with Crippen molar-refractivity contribution in [2.75, 3.05) is 5.32 Å². The Morgan fingerprint density at radius 1 is 0.950 bits per heavy atom. The second-order valence-corrected chi connectivity index (χ2v) is 4.65. The minimum absolute atomic E-state index is 0.337. The number of benzene rings is 2. The monoisotopic (exact) mass is 299 g/mol. The molecule has 0 saturated carbocycles. The van der Waals surface area contributed by atoms with Crippen molar-refractivity contribution in [1.82, 2.24) is 0 Å². The third-order valence-electron chi connectivity index (χ3n) is 2.86. The molecule has 0 fully saturated rings. The summed E-state index contributed by atoms with van der Waals surface area (Å²) in [5.74, 6) is 0.438. The number of rotatable bonds is 4. The molecule has 0 unspecified atom stereocenters. The summed E-state index contributed by atoms with van der Waals surface area (Å²) >= 11 is 5.69. The fraction of sp³-hybridized carbons (Fsp3) is 0.200. The third-order valence-corrected chi connectivity index (χ3v) is 3.17. The molecule has 0 aliphatic carbocycles. The summed E-state index contributed by atoms with van der Waals surface area (Å²) in [6.45, 7) is 0.337. The third kappa shape index (κ3) is 3.90. The molecule has 20 heavy (non-hydrogen) atoms. The fourth-order valence-corrected chi connectivity index (χ4v) is 1.95. The van der Waals surface area contributed by atoms with E-state index in [9.17, 15) is 13.2 Å². The van der Waals surface area contributed by atoms with E-state index in [1.54, 1.807) is 6.07 Å². The van der Waals surface area contributed by atoms with Gasteiger partial charge in [-0.3, -0.25) is 0 Å². The van der Waals surface area contributed by atoms with Crippen molar-refractivity contribution in [1.29, 1.82) is 0 Å². The van der Waals surface area contributed by atoms with Crippen LogP contribution in [-0.4, -0.2) is 0 Å². The van der Waals surface area contributed by atoms with Crippen LogP contribution >= 0.6 is 11.6 Å². The molecule has 0 atom stereocenters. The van der Waals surface area contributed by atoms with E-state index in [0.29, 0.717) is 18.0 Å². The first-order valence-corrected chi connectivity index (χ1v) is 6.57. The smallest absolute Gasteiger partial charge is 0.381 e. The summed E-state index contributed by atoms with van der Waals surface area (Å²) in [5.41, 5.74) is 1.79. The molecule has 0 heterocycles. The SMILES string of the molecule is FC(F)(F)c1cccc(CNc2ccc(CCl)cc2)c1. The Labute approximate surface area is 120 Å². The molecule has 2 rings (SSSR count). The Morgan fingerprint density at radius 3 is 2.25 bits per heavy atom. The van der Waals surface area contributed by atoms with E-state index in [2.05, 4.69) is 5.32 Å². The molecule has 0 bridgehead atoms. The van der Waals surface area contributed by atoms with Gasteiger partial charge < -0.3 is 5.32 Å². The van der Waals surface area contributed by atoms with E-state index in [1.807, 2.05) is 24.3 Å². The molecule has 0 aromatic heterocycles. The molecule has 2 aromatic carbocycles. The maximum Gasteiger partial charge on any atom is 0.416 e. The summed E-state index contributed by atoms with van der Waals surface area (Å²) in [7, 11) is 0. The van der Waals surface area contributed by atoms with Crippen LogP contribution in [0.25, 0.3) is 0 Å². The lowest BCUT2D eigenvalue weighted by molar-refractivity contribution is -0.137. The van der Waals surface area contributed by atoms with Gasteiger partial charge >= 0.3 is 6.18 Å². The normalized spacial score (nSPS) is 11.4. The lowest BCUT2D eigenvalue weighted by Gasteiger charge is -2.10. The maximum absolute atomic E-state index is 12.6. The van der Waals surface area contributed by atoms with E-state index >= 15 is 0 Å². The first-order valence-electron chi connectivity index (χ1n) is 6.04. The number of halogens is 4. The van der Waals surface area contributed by atoms with Crippen molar-refractivity contribution in [3.8, 4) is 0 Å². The maximum atomic E-state index is 12.6. The van der Waals surface area contributed by atoms with E-state index in [0.717, 1.165) is 23.4 Å². The second kappa shape index (κ2) is 6.18. The first-order chi connectivity index (χ1) is 9.49.